The number of hydrogen-bond donors (Lipinski definition) is 0. The molecule has 0 spiro atoms. The molecule has 1 saturated heterocycles. The topological polar surface area (TPSA) is 9.23 Å². The summed E-state index contributed by atoms with van der Waals surface area (Å²) in [4.78, 5) is 0. The van der Waals surface area contributed by atoms with Crippen molar-refractivity contribution in [2.24, 2.45) is 5.92 Å². The van der Waals surface area contributed by atoms with Crippen LogP contribution in [0.5, 0.6) is 0 Å². The summed E-state index contributed by atoms with van der Waals surface area (Å²) in [6.45, 7) is 8.84. The van der Waals surface area contributed by atoms with Crippen LogP contribution in [0, 0.1) is 5.92 Å². The monoisotopic (exact) mass is 188 g/mol. The Kier molecular flexibility index (Phi) is 3.91. The predicted molar refractivity (Wildman–Crippen MR) is 55.8 cm³/mol. The molecular formula is C10H20OS. The lowest BCUT2D eigenvalue weighted by Gasteiger charge is -2.18. The Balaban J connectivity index is 2.02. The largest absolute Gasteiger partial charge is 0.381 e. The van der Waals surface area contributed by atoms with Crippen LogP contribution in [0.4, 0.5) is 0 Å². The Morgan fingerprint density at radius 3 is 2.67 bits per heavy atom. The van der Waals surface area contributed by atoms with Crippen molar-refractivity contribution in [1.82, 2.24) is 0 Å². The van der Waals surface area contributed by atoms with E-state index in [1.165, 1.54) is 18.6 Å². The van der Waals surface area contributed by atoms with Gasteiger partial charge in [-0.2, -0.15) is 11.8 Å². The van der Waals surface area contributed by atoms with Crippen molar-refractivity contribution < 1.29 is 4.74 Å². The van der Waals surface area contributed by atoms with Gasteiger partial charge in [-0.15, -0.1) is 0 Å². The van der Waals surface area contributed by atoms with Crippen molar-refractivity contribution >= 4 is 11.8 Å². The molecule has 2 heteroatoms. The van der Waals surface area contributed by atoms with Gasteiger partial charge in [0, 0.05) is 18.0 Å². The van der Waals surface area contributed by atoms with Gasteiger partial charge in [-0.1, -0.05) is 20.8 Å². The van der Waals surface area contributed by atoms with E-state index in [4.69, 9.17) is 4.74 Å². The van der Waals surface area contributed by atoms with Gasteiger partial charge >= 0.3 is 0 Å². The van der Waals surface area contributed by atoms with E-state index in [1.807, 2.05) is 0 Å². The minimum Gasteiger partial charge on any atom is -0.381 e. The third-order valence-corrected chi connectivity index (χ3v) is 3.39. The zero-order valence-corrected chi connectivity index (χ0v) is 9.25. The summed E-state index contributed by atoms with van der Waals surface area (Å²) < 4.78 is 5.76. The molecule has 0 aromatic rings. The van der Waals surface area contributed by atoms with Crippen LogP contribution in [0.25, 0.3) is 0 Å². The maximum absolute atomic E-state index is 5.33. The third-order valence-electron chi connectivity index (χ3n) is 2.09. The van der Waals surface area contributed by atoms with Crippen molar-refractivity contribution in [2.75, 3.05) is 19.0 Å². The van der Waals surface area contributed by atoms with Crippen LogP contribution in [0.15, 0.2) is 0 Å². The molecule has 0 N–H and O–H groups in total. The van der Waals surface area contributed by atoms with Crippen molar-refractivity contribution in [3.8, 4) is 0 Å². The predicted octanol–water partition coefficient (Wildman–Crippen LogP) is 2.94. The Morgan fingerprint density at radius 1 is 1.42 bits per heavy atom. The minimum absolute atomic E-state index is 0.430. The van der Waals surface area contributed by atoms with Gasteiger partial charge in [-0.05, 0) is 24.5 Å². The molecule has 1 aliphatic rings. The number of ether oxygens (including phenoxy) is 1. The smallest absolute Gasteiger partial charge is 0.0495 e. The van der Waals surface area contributed by atoms with E-state index in [-0.39, 0.29) is 0 Å². The molecule has 0 aromatic heterocycles. The fourth-order valence-corrected chi connectivity index (χ4v) is 2.41. The van der Waals surface area contributed by atoms with E-state index in [2.05, 4.69) is 32.5 Å². The lowest BCUT2D eigenvalue weighted by Crippen LogP contribution is -2.10. The molecule has 72 valence electrons. The first-order chi connectivity index (χ1) is 5.58. The highest BCUT2D eigenvalue weighted by Crippen LogP contribution is 2.26. The zero-order chi connectivity index (χ0) is 9.03. The average molecular weight is 188 g/mol. The molecule has 1 aliphatic heterocycles. The SMILES string of the molecule is CC(C)(C)SCC[C@@H]1CCOC1. The van der Waals surface area contributed by atoms with Crippen LogP contribution in [-0.2, 0) is 4.74 Å². The van der Waals surface area contributed by atoms with E-state index in [1.54, 1.807) is 0 Å². The maximum atomic E-state index is 5.33. The molecule has 0 aliphatic carbocycles. The highest BCUT2D eigenvalue weighted by molar-refractivity contribution is 8.00. The Hall–Kier alpha value is 0.310. The minimum atomic E-state index is 0.430. The van der Waals surface area contributed by atoms with Crippen LogP contribution in [0.3, 0.4) is 0 Å². The fraction of sp³-hybridized carbons (Fsp3) is 1.00. The van der Waals surface area contributed by atoms with E-state index in [9.17, 15) is 0 Å². The van der Waals surface area contributed by atoms with Crippen LogP contribution in [0.1, 0.15) is 33.6 Å². The summed E-state index contributed by atoms with van der Waals surface area (Å²) in [5.41, 5.74) is 0. The molecule has 0 radical (unpaired) electrons. The first-order valence-electron chi connectivity index (χ1n) is 4.79. The Labute approximate surface area is 80.3 Å². The molecule has 1 fully saturated rings. The molecule has 1 atom stereocenters. The normalized spacial score (nSPS) is 24.8. The lowest BCUT2D eigenvalue weighted by molar-refractivity contribution is 0.185. The van der Waals surface area contributed by atoms with Crippen molar-refractivity contribution in [3.63, 3.8) is 0 Å². The zero-order valence-electron chi connectivity index (χ0n) is 8.43. The molecule has 0 aromatic carbocycles. The van der Waals surface area contributed by atoms with Gasteiger partial charge in [0.1, 0.15) is 0 Å². The summed E-state index contributed by atoms with van der Waals surface area (Å²) in [7, 11) is 0. The van der Waals surface area contributed by atoms with E-state index < -0.39 is 0 Å². The van der Waals surface area contributed by atoms with Gasteiger partial charge in [-0.3, -0.25) is 0 Å². The van der Waals surface area contributed by atoms with Crippen molar-refractivity contribution in [2.45, 2.75) is 38.4 Å². The quantitative estimate of drug-likeness (QED) is 0.673. The molecule has 0 bridgehead atoms. The van der Waals surface area contributed by atoms with E-state index in [0.29, 0.717) is 4.75 Å². The van der Waals surface area contributed by atoms with Crippen LogP contribution < -0.4 is 0 Å². The Bertz CT molecular complexity index is 122. The number of rotatable bonds is 3. The van der Waals surface area contributed by atoms with Gasteiger partial charge in [0.15, 0.2) is 0 Å². The second-order valence-electron chi connectivity index (χ2n) is 4.48. The van der Waals surface area contributed by atoms with Gasteiger partial charge < -0.3 is 4.74 Å². The summed E-state index contributed by atoms with van der Waals surface area (Å²) in [6.07, 6.45) is 2.62. The fourth-order valence-electron chi connectivity index (χ4n) is 1.34. The van der Waals surface area contributed by atoms with Crippen LogP contribution in [0.2, 0.25) is 0 Å². The highest BCUT2D eigenvalue weighted by atomic mass is 32.2. The number of thioether (sulfide) groups is 1. The van der Waals surface area contributed by atoms with E-state index in [0.717, 1.165) is 19.1 Å². The maximum Gasteiger partial charge on any atom is 0.0495 e. The summed E-state index contributed by atoms with van der Waals surface area (Å²) in [6, 6.07) is 0. The average Bonchev–Trinajstić information content (AvgIpc) is 2.36. The summed E-state index contributed by atoms with van der Waals surface area (Å²) in [5, 5.41) is 0. The molecule has 12 heavy (non-hydrogen) atoms. The first-order valence-corrected chi connectivity index (χ1v) is 5.78. The van der Waals surface area contributed by atoms with Crippen LogP contribution in [-0.4, -0.2) is 23.7 Å². The van der Waals surface area contributed by atoms with Gasteiger partial charge in [0.2, 0.25) is 0 Å². The molecule has 0 amide bonds. The summed E-state index contributed by atoms with van der Waals surface area (Å²) >= 11 is 2.06. The second-order valence-corrected chi connectivity index (χ2v) is 6.40. The molecule has 1 heterocycles. The van der Waals surface area contributed by atoms with Gasteiger partial charge in [-0.25, -0.2) is 0 Å². The summed E-state index contributed by atoms with van der Waals surface area (Å²) in [5.74, 6) is 2.14. The molecule has 1 nitrogen and oxygen atoms in total. The Morgan fingerprint density at radius 2 is 2.17 bits per heavy atom. The van der Waals surface area contributed by atoms with Crippen molar-refractivity contribution in [3.05, 3.63) is 0 Å². The second kappa shape index (κ2) is 4.52. The van der Waals surface area contributed by atoms with Crippen LogP contribution >= 0.6 is 11.8 Å². The first kappa shape index (κ1) is 10.4. The molecule has 0 unspecified atom stereocenters. The molecule has 1 rings (SSSR count). The standard InChI is InChI=1S/C10H20OS/c1-10(2,3)12-7-5-9-4-6-11-8-9/h9H,4-8H2,1-3H3/t9-/m0/s1. The molecule has 0 saturated carbocycles. The van der Waals surface area contributed by atoms with E-state index >= 15 is 0 Å². The third kappa shape index (κ3) is 4.36. The van der Waals surface area contributed by atoms with Gasteiger partial charge in [0.05, 0.1) is 0 Å². The number of hydrogen-bond acceptors (Lipinski definition) is 2. The molecular weight excluding hydrogens is 168 g/mol. The van der Waals surface area contributed by atoms with Crippen molar-refractivity contribution in [1.29, 1.82) is 0 Å². The highest BCUT2D eigenvalue weighted by Gasteiger charge is 2.17. The van der Waals surface area contributed by atoms with Gasteiger partial charge in [0.25, 0.3) is 0 Å². The lowest BCUT2D eigenvalue weighted by atomic mass is 10.1.